The van der Waals surface area contributed by atoms with Gasteiger partial charge in [-0.3, -0.25) is 0 Å². The van der Waals surface area contributed by atoms with Crippen molar-refractivity contribution in [2.24, 2.45) is 0 Å². The standard InChI is InChI=1S/C15H12O2S/c1-10-9-13(17-15(10)16)11-5-2-3-6-12(11)14-7-4-8-18-14/h2-8,13H,1,9H2. The Bertz CT molecular complexity index is 583. The van der Waals surface area contributed by atoms with Crippen molar-refractivity contribution in [3.05, 3.63) is 59.5 Å². The van der Waals surface area contributed by atoms with E-state index in [-0.39, 0.29) is 12.1 Å². The van der Waals surface area contributed by atoms with Crippen LogP contribution in [0.5, 0.6) is 0 Å². The largest absolute Gasteiger partial charge is 0.454 e. The first-order chi connectivity index (χ1) is 8.75. The molecule has 3 heteroatoms. The lowest BCUT2D eigenvalue weighted by Crippen LogP contribution is -2.00. The summed E-state index contributed by atoms with van der Waals surface area (Å²) in [6, 6.07) is 12.2. The minimum absolute atomic E-state index is 0.191. The Morgan fingerprint density at radius 1 is 1.22 bits per heavy atom. The number of benzene rings is 1. The highest BCUT2D eigenvalue weighted by molar-refractivity contribution is 7.13. The molecule has 1 aromatic heterocycles. The molecule has 1 fully saturated rings. The molecule has 3 rings (SSSR count). The summed E-state index contributed by atoms with van der Waals surface area (Å²) < 4.78 is 5.36. The van der Waals surface area contributed by atoms with E-state index in [9.17, 15) is 4.79 Å². The van der Waals surface area contributed by atoms with Crippen LogP contribution in [0.2, 0.25) is 0 Å². The molecule has 0 saturated carbocycles. The van der Waals surface area contributed by atoms with Gasteiger partial charge in [0.2, 0.25) is 0 Å². The third-order valence-corrected chi connectivity index (χ3v) is 3.97. The number of thiophene rings is 1. The highest BCUT2D eigenvalue weighted by Gasteiger charge is 2.30. The van der Waals surface area contributed by atoms with E-state index >= 15 is 0 Å². The van der Waals surface area contributed by atoms with Crippen molar-refractivity contribution < 1.29 is 9.53 Å². The number of carbonyl (C=O) groups excluding carboxylic acids is 1. The van der Waals surface area contributed by atoms with Crippen molar-refractivity contribution in [2.45, 2.75) is 12.5 Å². The molecule has 0 radical (unpaired) electrons. The first-order valence-corrected chi connectivity index (χ1v) is 6.65. The Morgan fingerprint density at radius 3 is 2.72 bits per heavy atom. The second-order valence-electron chi connectivity index (χ2n) is 4.27. The van der Waals surface area contributed by atoms with Crippen LogP contribution in [-0.2, 0) is 9.53 Å². The Kier molecular flexibility index (Phi) is 2.76. The van der Waals surface area contributed by atoms with Crippen LogP contribution >= 0.6 is 11.3 Å². The van der Waals surface area contributed by atoms with Crippen LogP contribution in [0, 0.1) is 0 Å². The summed E-state index contributed by atoms with van der Waals surface area (Å²) in [5.41, 5.74) is 2.76. The number of rotatable bonds is 2. The molecule has 1 unspecified atom stereocenters. The summed E-state index contributed by atoms with van der Waals surface area (Å²) in [6.45, 7) is 3.73. The van der Waals surface area contributed by atoms with Crippen molar-refractivity contribution in [1.29, 1.82) is 0 Å². The highest BCUT2D eigenvalue weighted by atomic mass is 32.1. The number of esters is 1. The lowest BCUT2D eigenvalue weighted by atomic mass is 9.98. The van der Waals surface area contributed by atoms with Crippen molar-refractivity contribution in [1.82, 2.24) is 0 Å². The molecule has 0 bridgehead atoms. The first kappa shape index (κ1) is 11.2. The van der Waals surface area contributed by atoms with Crippen LogP contribution in [0.4, 0.5) is 0 Å². The molecule has 2 aromatic rings. The Labute approximate surface area is 110 Å². The van der Waals surface area contributed by atoms with Gasteiger partial charge < -0.3 is 4.74 Å². The highest BCUT2D eigenvalue weighted by Crippen LogP contribution is 2.38. The summed E-state index contributed by atoms with van der Waals surface area (Å²) >= 11 is 1.69. The van der Waals surface area contributed by atoms with E-state index in [2.05, 4.69) is 18.7 Å². The molecule has 1 saturated heterocycles. The first-order valence-electron chi connectivity index (χ1n) is 5.77. The normalized spacial score (nSPS) is 19.0. The summed E-state index contributed by atoms with van der Waals surface area (Å²) in [6.07, 6.45) is 0.393. The molecule has 90 valence electrons. The summed E-state index contributed by atoms with van der Waals surface area (Å²) in [7, 11) is 0. The zero-order valence-electron chi connectivity index (χ0n) is 9.76. The van der Waals surface area contributed by atoms with Gasteiger partial charge in [0.05, 0.1) is 0 Å². The second-order valence-corrected chi connectivity index (χ2v) is 5.21. The van der Waals surface area contributed by atoms with E-state index in [1.54, 1.807) is 11.3 Å². The van der Waals surface area contributed by atoms with E-state index in [0.717, 1.165) is 11.1 Å². The van der Waals surface area contributed by atoms with Gasteiger partial charge in [-0.1, -0.05) is 36.9 Å². The molecule has 0 spiro atoms. The number of carbonyl (C=O) groups is 1. The minimum atomic E-state index is -0.277. The SMILES string of the molecule is C=C1CC(c2ccccc2-c2cccs2)OC1=O. The summed E-state index contributed by atoms with van der Waals surface area (Å²) in [5, 5.41) is 2.05. The van der Waals surface area contributed by atoms with Gasteiger partial charge in [0.15, 0.2) is 0 Å². The molecule has 1 aromatic carbocycles. The molecular weight excluding hydrogens is 244 g/mol. The van der Waals surface area contributed by atoms with Gasteiger partial charge in [0.25, 0.3) is 0 Å². The van der Waals surface area contributed by atoms with Crippen LogP contribution in [0.25, 0.3) is 10.4 Å². The van der Waals surface area contributed by atoms with Gasteiger partial charge in [-0.2, -0.15) is 0 Å². The van der Waals surface area contributed by atoms with Crippen molar-refractivity contribution in [3.8, 4) is 10.4 Å². The monoisotopic (exact) mass is 256 g/mol. The van der Waals surface area contributed by atoms with E-state index in [4.69, 9.17) is 4.74 Å². The molecule has 1 aliphatic rings. The number of ether oxygens (including phenoxy) is 1. The molecule has 0 N–H and O–H groups in total. The lowest BCUT2D eigenvalue weighted by Gasteiger charge is -2.13. The van der Waals surface area contributed by atoms with Crippen molar-refractivity contribution in [2.75, 3.05) is 0 Å². The molecule has 1 aliphatic heterocycles. The van der Waals surface area contributed by atoms with Gasteiger partial charge >= 0.3 is 5.97 Å². The predicted octanol–water partition coefficient (Wildman–Crippen LogP) is 3.96. The Balaban J connectivity index is 2.03. The number of hydrogen-bond donors (Lipinski definition) is 0. The molecule has 0 amide bonds. The average molecular weight is 256 g/mol. The molecule has 0 aliphatic carbocycles. The second kappa shape index (κ2) is 4.42. The van der Waals surface area contributed by atoms with Crippen LogP contribution < -0.4 is 0 Å². The van der Waals surface area contributed by atoms with Crippen LogP contribution in [0.1, 0.15) is 18.1 Å². The predicted molar refractivity (Wildman–Crippen MR) is 72.3 cm³/mol. The minimum Gasteiger partial charge on any atom is -0.454 e. The van der Waals surface area contributed by atoms with E-state index in [0.29, 0.717) is 12.0 Å². The Hall–Kier alpha value is -1.87. The third-order valence-electron chi connectivity index (χ3n) is 3.06. The lowest BCUT2D eigenvalue weighted by molar-refractivity contribution is -0.139. The van der Waals surface area contributed by atoms with Gasteiger partial charge in [-0.15, -0.1) is 11.3 Å². The van der Waals surface area contributed by atoms with E-state index < -0.39 is 0 Å². The fourth-order valence-electron chi connectivity index (χ4n) is 2.17. The van der Waals surface area contributed by atoms with Gasteiger partial charge in [-0.05, 0) is 17.0 Å². The van der Waals surface area contributed by atoms with Gasteiger partial charge in [0.1, 0.15) is 6.10 Å². The summed E-state index contributed by atoms with van der Waals surface area (Å²) in [4.78, 5) is 12.6. The fourth-order valence-corrected chi connectivity index (χ4v) is 2.94. The maximum absolute atomic E-state index is 11.4. The quantitative estimate of drug-likeness (QED) is 0.600. The molecule has 18 heavy (non-hydrogen) atoms. The zero-order valence-corrected chi connectivity index (χ0v) is 10.6. The summed E-state index contributed by atoms with van der Waals surface area (Å²) in [5.74, 6) is -0.277. The zero-order chi connectivity index (χ0) is 12.5. The van der Waals surface area contributed by atoms with E-state index in [1.807, 2.05) is 29.6 Å². The molecule has 1 atom stereocenters. The fraction of sp³-hybridized carbons (Fsp3) is 0.133. The van der Waals surface area contributed by atoms with Crippen LogP contribution in [0.15, 0.2) is 53.9 Å². The van der Waals surface area contributed by atoms with E-state index in [1.165, 1.54) is 4.88 Å². The molecular formula is C15H12O2S. The Morgan fingerprint density at radius 2 is 2.06 bits per heavy atom. The van der Waals surface area contributed by atoms with Crippen LogP contribution in [-0.4, -0.2) is 5.97 Å². The maximum Gasteiger partial charge on any atom is 0.334 e. The number of hydrogen-bond acceptors (Lipinski definition) is 3. The smallest absolute Gasteiger partial charge is 0.334 e. The third kappa shape index (κ3) is 1.87. The molecule has 2 heterocycles. The van der Waals surface area contributed by atoms with Crippen molar-refractivity contribution in [3.63, 3.8) is 0 Å². The van der Waals surface area contributed by atoms with Gasteiger partial charge in [0, 0.05) is 22.4 Å². The number of cyclic esters (lactones) is 1. The maximum atomic E-state index is 11.4. The van der Waals surface area contributed by atoms with Crippen molar-refractivity contribution >= 4 is 17.3 Å². The average Bonchev–Trinajstić information content (AvgIpc) is 3.01. The van der Waals surface area contributed by atoms with Gasteiger partial charge in [-0.25, -0.2) is 4.79 Å². The molecule has 2 nitrogen and oxygen atoms in total. The topological polar surface area (TPSA) is 26.3 Å². The van der Waals surface area contributed by atoms with Crippen LogP contribution in [0.3, 0.4) is 0 Å².